The Bertz CT molecular complexity index is 541. The SMILES string of the molecule is Cc1cc(C(=O)c2ccoc2C)ccc1N. The summed E-state index contributed by atoms with van der Waals surface area (Å²) in [5, 5.41) is 0. The molecule has 1 aromatic heterocycles. The minimum atomic E-state index is -0.0330. The molecule has 0 aliphatic carbocycles. The lowest BCUT2D eigenvalue weighted by Gasteiger charge is -2.03. The Labute approximate surface area is 93.9 Å². The highest BCUT2D eigenvalue weighted by Crippen LogP contribution is 2.18. The maximum absolute atomic E-state index is 12.1. The van der Waals surface area contributed by atoms with Crippen LogP contribution < -0.4 is 5.73 Å². The first kappa shape index (κ1) is 10.5. The zero-order chi connectivity index (χ0) is 11.7. The molecule has 3 heteroatoms. The fourth-order valence-electron chi connectivity index (χ4n) is 1.59. The summed E-state index contributed by atoms with van der Waals surface area (Å²) in [6, 6.07) is 6.96. The first-order valence-corrected chi connectivity index (χ1v) is 5.04. The minimum absolute atomic E-state index is 0.0330. The molecule has 0 spiro atoms. The smallest absolute Gasteiger partial charge is 0.196 e. The molecule has 1 aromatic carbocycles. The Morgan fingerprint density at radius 2 is 2.00 bits per heavy atom. The quantitative estimate of drug-likeness (QED) is 0.619. The molecule has 2 N–H and O–H groups in total. The molecular weight excluding hydrogens is 202 g/mol. The highest BCUT2D eigenvalue weighted by molar-refractivity contribution is 6.09. The lowest BCUT2D eigenvalue weighted by atomic mass is 10.0. The summed E-state index contributed by atoms with van der Waals surface area (Å²) < 4.78 is 5.12. The van der Waals surface area contributed by atoms with E-state index in [0.717, 1.165) is 5.56 Å². The van der Waals surface area contributed by atoms with Crippen molar-refractivity contribution in [3.8, 4) is 0 Å². The number of nitrogen functional groups attached to an aromatic ring is 1. The number of benzene rings is 1. The summed E-state index contributed by atoms with van der Waals surface area (Å²) in [4.78, 5) is 12.1. The van der Waals surface area contributed by atoms with Crippen LogP contribution in [0.5, 0.6) is 0 Å². The predicted molar refractivity (Wildman–Crippen MR) is 62.5 cm³/mol. The van der Waals surface area contributed by atoms with Gasteiger partial charge in [-0.1, -0.05) is 0 Å². The maximum atomic E-state index is 12.1. The van der Waals surface area contributed by atoms with E-state index in [9.17, 15) is 4.79 Å². The number of furan rings is 1. The van der Waals surface area contributed by atoms with Crippen molar-refractivity contribution in [1.82, 2.24) is 0 Å². The van der Waals surface area contributed by atoms with Gasteiger partial charge in [0.2, 0.25) is 0 Å². The van der Waals surface area contributed by atoms with Crippen LogP contribution >= 0.6 is 0 Å². The van der Waals surface area contributed by atoms with Gasteiger partial charge in [0.15, 0.2) is 5.78 Å². The minimum Gasteiger partial charge on any atom is -0.469 e. The van der Waals surface area contributed by atoms with Gasteiger partial charge in [0.25, 0.3) is 0 Å². The number of ketones is 1. The lowest BCUT2D eigenvalue weighted by molar-refractivity contribution is 0.103. The molecule has 0 aliphatic rings. The Kier molecular flexibility index (Phi) is 2.52. The highest BCUT2D eigenvalue weighted by atomic mass is 16.3. The van der Waals surface area contributed by atoms with Crippen molar-refractivity contribution in [1.29, 1.82) is 0 Å². The molecule has 0 bridgehead atoms. The molecule has 2 aromatic rings. The summed E-state index contributed by atoms with van der Waals surface area (Å²) in [7, 11) is 0. The van der Waals surface area contributed by atoms with Gasteiger partial charge in [-0.15, -0.1) is 0 Å². The van der Waals surface area contributed by atoms with Gasteiger partial charge in [-0.25, -0.2) is 0 Å². The number of carbonyl (C=O) groups excluding carboxylic acids is 1. The number of rotatable bonds is 2. The summed E-state index contributed by atoms with van der Waals surface area (Å²) in [6.45, 7) is 3.66. The number of anilines is 1. The number of carbonyl (C=O) groups is 1. The molecule has 0 saturated carbocycles. The average Bonchev–Trinajstić information content (AvgIpc) is 2.67. The first-order chi connectivity index (χ1) is 7.59. The second-order valence-electron chi connectivity index (χ2n) is 3.79. The molecule has 0 radical (unpaired) electrons. The Morgan fingerprint density at radius 1 is 1.25 bits per heavy atom. The molecular formula is C13H13NO2. The lowest BCUT2D eigenvalue weighted by Crippen LogP contribution is -2.02. The van der Waals surface area contributed by atoms with Crippen LogP contribution in [-0.2, 0) is 0 Å². The standard InChI is InChI=1S/C13H13NO2/c1-8-7-10(3-4-12(8)14)13(15)11-5-6-16-9(11)2/h3-7H,14H2,1-2H3. The third kappa shape index (κ3) is 1.72. The van der Waals surface area contributed by atoms with Gasteiger partial charge in [-0.2, -0.15) is 0 Å². The normalized spacial score (nSPS) is 10.4. The fraction of sp³-hybridized carbons (Fsp3) is 0.154. The van der Waals surface area contributed by atoms with Crippen molar-refractivity contribution in [3.63, 3.8) is 0 Å². The Hall–Kier alpha value is -2.03. The summed E-state index contributed by atoms with van der Waals surface area (Å²) in [5.41, 5.74) is 8.55. The first-order valence-electron chi connectivity index (χ1n) is 5.04. The number of hydrogen-bond acceptors (Lipinski definition) is 3. The van der Waals surface area contributed by atoms with Crippen LogP contribution in [0.25, 0.3) is 0 Å². The van der Waals surface area contributed by atoms with Crippen LogP contribution in [0.2, 0.25) is 0 Å². The van der Waals surface area contributed by atoms with Crippen molar-refractivity contribution >= 4 is 11.5 Å². The zero-order valence-electron chi connectivity index (χ0n) is 9.28. The summed E-state index contributed by atoms with van der Waals surface area (Å²) in [6.07, 6.45) is 1.52. The van der Waals surface area contributed by atoms with Gasteiger partial charge < -0.3 is 10.2 Å². The van der Waals surface area contributed by atoms with Crippen LogP contribution in [0.4, 0.5) is 5.69 Å². The van der Waals surface area contributed by atoms with E-state index in [-0.39, 0.29) is 5.78 Å². The molecule has 16 heavy (non-hydrogen) atoms. The molecule has 0 aliphatic heterocycles. The van der Waals surface area contributed by atoms with Crippen LogP contribution in [0.3, 0.4) is 0 Å². The second kappa shape index (κ2) is 3.85. The van der Waals surface area contributed by atoms with Crippen LogP contribution in [-0.4, -0.2) is 5.78 Å². The van der Waals surface area contributed by atoms with E-state index in [1.165, 1.54) is 6.26 Å². The third-order valence-electron chi connectivity index (χ3n) is 2.64. The monoisotopic (exact) mass is 215 g/mol. The molecule has 3 nitrogen and oxygen atoms in total. The van der Waals surface area contributed by atoms with E-state index in [0.29, 0.717) is 22.6 Å². The molecule has 82 valence electrons. The van der Waals surface area contributed by atoms with E-state index in [1.54, 1.807) is 31.2 Å². The van der Waals surface area contributed by atoms with Gasteiger partial charge in [0.05, 0.1) is 11.8 Å². The van der Waals surface area contributed by atoms with E-state index >= 15 is 0 Å². The van der Waals surface area contributed by atoms with Crippen molar-refractivity contribution in [3.05, 3.63) is 53.0 Å². The second-order valence-corrected chi connectivity index (χ2v) is 3.79. The van der Waals surface area contributed by atoms with Crippen molar-refractivity contribution in [2.45, 2.75) is 13.8 Å². The Balaban J connectivity index is 2.42. The predicted octanol–water partition coefficient (Wildman–Crippen LogP) is 2.71. The molecule has 0 unspecified atom stereocenters. The van der Waals surface area contributed by atoms with Gasteiger partial charge in [-0.3, -0.25) is 4.79 Å². The van der Waals surface area contributed by atoms with E-state index < -0.39 is 0 Å². The van der Waals surface area contributed by atoms with E-state index in [4.69, 9.17) is 10.2 Å². The van der Waals surface area contributed by atoms with Gasteiger partial charge in [0.1, 0.15) is 5.76 Å². The van der Waals surface area contributed by atoms with E-state index in [2.05, 4.69) is 0 Å². The van der Waals surface area contributed by atoms with E-state index in [1.807, 2.05) is 6.92 Å². The summed E-state index contributed by atoms with van der Waals surface area (Å²) in [5.74, 6) is 0.605. The van der Waals surface area contributed by atoms with Crippen molar-refractivity contribution < 1.29 is 9.21 Å². The van der Waals surface area contributed by atoms with Crippen molar-refractivity contribution in [2.24, 2.45) is 0 Å². The molecule has 1 heterocycles. The van der Waals surface area contributed by atoms with Crippen LogP contribution in [0.15, 0.2) is 34.9 Å². The van der Waals surface area contributed by atoms with Gasteiger partial charge >= 0.3 is 0 Å². The average molecular weight is 215 g/mol. The molecule has 0 fully saturated rings. The van der Waals surface area contributed by atoms with Crippen LogP contribution in [0, 0.1) is 13.8 Å². The summed E-state index contributed by atoms with van der Waals surface area (Å²) >= 11 is 0. The topological polar surface area (TPSA) is 56.2 Å². The Morgan fingerprint density at radius 3 is 2.56 bits per heavy atom. The number of nitrogens with two attached hydrogens (primary N) is 1. The van der Waals surface area contributed by atoms with Gasteiger partial charge in [-0.05, 0) is 43.7 Å². The zero-order valence-corrected chi connectivity index (χ0v) is 9.28. The molecule has 0 amide bonds. The highest BCUT2D eigenvalue weighted by Gasteiger charge is 2.14. The largest absolute Gasteiger partial charge is 0.469 e. The maximum Gasteiger partial charge on any atom is 0.196 e. The third-order valence-corrected chi connectivity index (χ3v) is 2.64. The molecule has 0 atom stereocenters. The van der Waals surface area contributed by atoms with Crippen molar-refractivity contribution in [2.75, 3.05) is 5.73 Å². The molecule has 0 saturated heterocycles. The fourth-order valence-corrected chi connectivity index (χ4v) is 1.59. The van der Waals surface area contributed by atoms with Crippen LogP contribution in [0.1, 0.15) is 27.2 Å². The molecule has 2 rings (SSSR count). The number of aryl methyl sites for hydroxylation is 2. The van der Waals surface area contributed by atoms with Gasteiger partial charge in [0, 0.05) is 11.3 Å². The number of hydrogen-bond donors (Lipinski definition) is 1.